The van der Waals surface area contributed by atoms with Gasteiger partial charge in [-0.25, -0.2) is 9.59 Å². The maximum atomic E-state index is 11.4. The summed E-state index contributed by atoms with van der Waals surface area (Å²) < 4.78 is 60.3. The van der Waals surface area contributed by atoms with Gasteiger partial charge in [0.15, 0.2) is 0 Å². The summed E-state index contributed by atoms with van der Waals surface area (Å²) in [5.41, 5.74) is 0. The summed E-state index contributed by atoms with van der Waals surface area (Å²) in [6.45, 7) is 4.38. The normalized spacial score (nSPS) is 14.8. The van der Waals surface area contributed by atoms with Gasteiger partial charge in [-0.3, -0.25) is 9.11 Å². The van der Waals surface area contributed by atoms with Crippen LogP contribution in [-0.4, -0.2) is 91.2 Å². The van der Waals surface area contributed by atoms with Crippen molar-refractivity contribution < 1.29 is 45.7 Å². The smallest absolute Gasteiger partial charge is 0.327 e. The van der Waals surface area contributed by atoms with Gasteiger partial charge in [0.2, 0.25) is 0 Å². The topological polar surface area (TPSA) is 207 Å². The van der Waals surface area contributed by atoms with Gasteiger partial charge in [-0.05, 0) is 27.7 Å². The molecule has 0 aliphatic heterocycles. The van der Waals surface area contributed by atoms with E-state index < -0.39 is 63.7 Å². The molecule has 0 aromatic carbocycles. The summed E-state index contributed by atoms with van der Waals surface area (Å²) in [6.07, 6.45) is 0. The van der Waals surface area contributed by atoms with Gasteiger partial charge in [-0.2, -0.15) is 16.8 Å². The van der Waals surface area contributed by atoms with Crippen LogP contribution in [0.1, 0.15) is 27.7 Å². The van der Waals surface area contributed by atoms with Crippen LogP contribution >= 0.6 is 46.0 Å². The largest absolute Gasteiger partial charge is 0.480 e. The fourth-order valence-corrected chi connectivity index (χ4v) is 5.29. The van der Waals surface area contributed by atoms with E-state index in [2.05, 4.69) is 10.6 Å². The quantitative estimate of drug-likeness (QED) is 0.0765. The number of rotatable bonds is 13. The van der Waals surface area contributed by atoms with Gasteiger partial charge in [0.05, 0.1) is 9.98 Å². The number of carboxylic acids is 2. The van der Waals surface area contributed by atoms with Crippen molar-refractivity contribution in [3.63, 3.8) is 0 Å². The molecule has 0 saturated carbocycles. The summed E-state index contributed by atoms with van der Waals surface area (Å²) in [5, 5.41) is 23.3. The maximum absolute atomic E-state index is 11.4. The molecule has 2 atom stereocenters. The Kier molecular flexibility index (Phi) is 11.3. The van der Waals surface area contributed by atoms with Crippen LogP contribution in [0, 0.1) is 0 Å². The third-order valence-corrected chi connectivity index (χ3v) is 11.1. The monoisotopic (exact) mass is 572 g/mol. The van der Waals surface area contributed by atoms with Crippen molar-refractivity contribution in [1.82, 2.24) is 10.6 Å². The standard InChI is InChI=1S/C14H24N2O10S6/c1-13(2,31(21,22)23)11(27)15-7(9(17)18)5-29-30-6-8(10(19)20)16-12(28)14(3,4)32(24,25)26/h7-8H,5-6H2,1-4H3,(H,15,27)(H,16,28)(H,17,18)(H,19,20)(H,21,22,23)(H,24,25,26)/t7-,8-/m0/s1. The van der Waals surface area contributed by atoms with E-state index >= 15 is 0 Å². The highest BCUT2D eigenvalue weighted by atomic mass is 33.1. The summed E-state index contributed by atoms with van der Waals surface area (Å²) >= 11 is 9.80. The molecule has 18 heteroatoms. The molecule has 12 nitrogen and oxygen atoms in total. The van der Waals surface area contributed by atoms with Crippen LogP contribution < -0.4 is 10.6 Å². The zero-order valence-corrected chi connectivity index (χ0v) is 22.2. The molecule has 0 heterocycles. The lowest BCUT2D eigenvalue weighted by molar-refractivity contribution is -0.139. The molecule has 0 aliphatic rings. The van der Waals surface area contributed by atoms with E-state index in [1.807, 2.05) is 0 Å². The van der Waals surface area contributed by atoms with Crippen LogP contribution in [-0.2, 0) is 29.8 Å². The SMILES string of the molecule is CC(C)(C(=S)N[C@@H](CSSC[C@H](NC(=S)C(C)(C)S(=O)(=O)O)C(=O)O)C(=O)O)S(=O)(=O)O. The highest BCUT2D eigenvalue weighted by Gasteiger charge is 2.40. The average Bonchev–Trinajstić information content (AvgIpc) is 2.60. The summed E-state index contributed by atoms with van der Waals surface area (Å²) in [5.74, 6) is -3.07. The van der Waals surface area contributed by atoms with E-state index in [9.17, 15) is 45.7 Å². The highest BCUT2D eigenvalue weighted by molar-refractivity contribution is 8.76. The third-order valence-electron chi connectivity index (χ3n) is 4.14. The summed E-state index contributed by atoms with van der Waals surface area (Å²) in [4.78, 5) is 22.0. The zero-order valence-electron chi connectivity index (χ0n) is 17.3. The van der Waals surface area contributed by atoms with Gasteiger partial charge < -0.3 is 20.8 Å². The molecular formula is C14H24N2O10S6. The van der Waals surface area contributed by atoms with Crippen molar-refractivity contribution in [3.05, 3.63) is 0 Å². The van der Waals surface area contributed by atoms with Gasteiger partial charge in [-0.1, -0.05) is 46.0 Å². The molecule has 0 amide bonds. The van der Waals surface area contributed by atoms with Crippen LogP contribution in [0.5, 0.6) is 0 Å². The molecule has 0 aliphatic carbocycles. The molecule has 0 aromatic rings. The number of hydrogen-bond acceptors (Lipinski definition) is 10. The Morgan fingerprint density at radius 1 is 0.781 bits per heavy atom. The second-order valence-electron chi connectivity index (χ2n) is 7.27. The van der Waals surface area contributed by atoms with Crippen molar-refractivity contribution in [2.24, 2.45) is 0 Å². The molecule has 0 rings (SSSR count). The minimum absolute atomic E-state index is 0.172. The molecule has 0 saturated heterocycles. The van der Waals surface area contributed by atoms with Crippen molar-refractivity contribution in [3.8, 4) is 0 Å². The first-order chi connectivity index (χ1) is 14.2. The van der Waals surface area contributed by atoms with Gasteiger partial charge in [0, 0.05) is 11.5 Å². The molecule has 6 N–H and O–H groups in total. The Labute approximate surface area is 204 Å². The van der Waals surface area contributed by atoms with Crippen LogP contribution in [0.15, 0.2) is 0 Å². The van der Waals surface area contributed by atoms with E-state index in [0.29, 0.717) is 0 Å². The van der Waals surface area contributed by atoms with Crippen LogP contribution in [0.2, 0.25) is 0 Å². The predicted octanol–water partition coefficient (Wildman–Crippen LogP) is 0.441. The number of aliphatic carboxylic acids is 2. The number of carboxylic acid groups (broad SMARTS) is 2. The van der Waals surface area contributed by atoms with Gasteiger partial charge in [0.1, 0.15) is 21.6 Å². The second-order valence-corrected chi connectivity index (χ2v) is 14.6. The lowest BCUT2D eigenvalue weighted by atomic mass is 10.2. The minimum atomic E-state index is -4.61. The first-order valence-corrected chi connectivity index (χ1v) is 14.6. The molecule has 0 bridgehead atoms. The minimum Gasteiger partial charge on any atom is -0.480 e. The molecule has 0 spiro atoms. The molecule has 0 radical (unpaired) electrons. The maximum Gasteiger partial charge on any atom is 0.327 e. The van der Waals surface area contributed by atoms with Crippen molar-refractivity contribution >= 4 is 88.2 Å². The molecule has 186 valence electrons. The van der Waals surface area contributed by atoms with Gasteiger partial charge in [0.25, 0.3) is 20.2 Å². The van der Waals surface area contributed by atoms with E-state index in [1.165, 1.54) is 0 Å². The Morgan fingerprint density at radius 3 is 1.22 bits per heavy atom. The Morgan fingerprint density at radius 2 is 1.03 bits per heavy atom. The zero-order chi connectivity index (χ0) is 25.7. The summed E-state index contributed by atoms with van der Waals surface area (Å²) in [7, 11) is -7.37. The molecule has 0 unspecified atom stereocenters. The van der Waals surface area contributed by atoms with Crippen molar-refractivity contribution in [2.75, 3.05) is 11.5 Å². The molecular weight excluding hydrogens is 549 g/mol. The van der Waals surface area contributed by atoms with Gasteiger partial charge >= 0.3 is 11.9 Å². The molecule has 0 aromatic heterocycles. The van der Waals surface area contributed by atoms with Crippen molar-refractivity contribution in [1.29, 1.82) is 0 Å². The lowest BCUT2D eigenvalue weighted by Crippen LogP contribution is -2.53. The average molecular weight is 573 g/mol. The Balaban J connectivity index is 5.03. The fraction of sp³-hybridized carbons (Fsp3) is 0.714. The van der Waals surface area contributed by atoms with E-state index in [-0.39, 0.29) is 11.5 Å². The number of thiocarbonyl (C=S) groups is 2. The summed E-state index contributed by atoms with van der Waals surface area (Å²) in [6, 6.07) is -2.70. The number of nitrogens with one attached hydrogen (secondary N) is 2. The van der Waals surface area contributed by atoms with Crippen LogP contribution in [0.3, 0.4) is 0 Å². The van der Waals surface area contributed by atoms with Gasteiger partial charge in [-0.15, -0.1) is 0 Å². The number of hydrogen-bond donors (Lipinski definition) is 6. The van der Waals surface area contributed by atoms with E-state index in [0.717, 1.165) is 49.3 Å². The first kappa shape index (κ1) is 31.2. The fourth-order valence-electron chi connectivity index (χ4n) is 1.48. The third kappa shape index (κ3) is 8.54. The predicted molar refractivity (Wildman–Crippen MR) is 130 cm³/mol. The van der Waals surface area contributed by atoms with E-state index in [4.69, 9.17) is 24.4 Å². The Bertz CT molecular complexity index is 882. The molecule has 32 heavy (non-hydrogen) atoms. The lowest BCUT2D eigenvalue weighted by Gasteiger charge is -2.26. The molecule has 0 fully saturated rings. The van der Waals surface area contributed by atoms with Crippen LogP contribution in [0.25, 0.3) is 0 Å². The second kappa shape index (κ2) is 11.6. The van der Waals surface area contributed by atoms with Crippen LogP contribution in [0.4, 0.5) is 0 Å². The van der Waals surface area contributed by atoms with Crippen molar-refractivity contribution in [2.45, 2.75) is 49.3 Å². The Hall–Kier alpha value is -0.760. The number of carbonyl (C=O) groups is 2. The van der Waals surface area contributed by atoms with E-state index in [1.54, 1.807) is 0 Å². The highest BCUT2D eigenvalue weighted by Crippen LogP contribution is 2.25. The first-order valence-electron chi connectivity index (χ1n) is 8.42.